The number of hydrogen-bond acceptors (Lipinski definition) is 6. The minimum absolute atomic E-state index is 0.0879. The number of amides is 2. The molecule has 0 bridgehead atoms. The van der Waals surface area contributed by atoms with Crippen LogP contribution < -0.4 is 5.32 Å². The van der Waals surface area contributed by atoms with Crippen LogP contribution in [0.1, 0.15) is 28.8 Å². The van der Waals surface area contributed by atoms with E-state index in [4.69, 9.17) is 4.42 Å². The molecule has 0 saturated carbocycles. The summed E-state index contributed by atoms with van der Waals surface area (Å²) in [5.41, 5.74) is 1.37. The largest absolute Gasteiger partial charge is 0.467 e. The van der Waals surface area contributed by atoms with Crippen LogP contribution in [-0.2, 0) is 16.1 Å². The lowest BCUT2D eigenvalue weighted by Gasteiger charge is -2.14. The van der Waals surface area contributed by atoms with Crippen LogP contribution in [0, 0.1) is 5.92 Å². The van der Waals surface area contributed by atoms with Gasteiger partial charge in [-0.1, -0.05) is 41.7 Å². The lowest BCUT2D eigenvalue weighted by molar-refractivity contribution is -0.128. The molecular weight excluding hydrogens is 390 g/mol. The number of thiazole rings is 1. The van der Waals surface area contributed by atoms with Gasteiger partial charge in [-0.15, -0.1) is 0 Å². The third-order valence-electron chi connectivity index (χ3n) is 4.74. The molecule has 29 heavy (non-hydrogen) atoms. The normalized spacial score (nSPS) is 16.2. The number of ketones is 1. The van der Waals surface area contributed by atoms with Crippen molar-refractivity contribution in [3.63, 3.8) is 0 Å². The minimum Gasteiger partial charge on any atom is -0.467 e. The molecule has 148 valence electrons. The van der Waals surface area contributed by atoms with Gasteiger partial charge in [-0.2, -0.15) is 0 Å². The van der Waals surface area contributed by atoms with Gasteiger partial charge >= 0.3 is 0 Å². The Kier molecular flexibility index (Phi) is 5.26. The summed E-state index contributed by atoms with van der Waals surface area (Å²) in [6.07, 6.45) is 1.70. The highest BCUT2D eigenvalue weighted by Crippen LogP contribution is 2.32. The van der Waals surface area contributed by atoms with Crippen molar-refractivity contribution in [2.45, 2.75) is 19.9 Å². The number of likely N-dealkylation sites (tertiary alicyclic amines) is 1. The minimum atomic E-state index is -0.470. The number of carbonyl (C=O) groups is 3. The van der Waals surface area contributed by atoms with Crippen LogP contribution in [0.4, 0.5) is 5.13 Å². The molecule has 2 aromatic heterocycles. The lowest BCUT2D eigenvalue weighted by Crippen LogP contribution is -2.27. The van der Waals surface area contributed by atoms with Crippen LogP contribution in [0.2, 0.25) is 0 Å². The third-order valence-corrected chi connectivity index (χ3v) is 5.81. The summed E-state index contributed by atoms with van der Waals surface area (Å²) in [5, 5.41) is 3.14. The highest BCUT2D eigenvalue weighted by atomic mass is 32.1. The Bertz CT molecular complexity index is 1040. The molecule has 1 aromatic carbocycles. The fraction of sp³-hybridized carbons (Fsp3) is 0.238. The van der Waals surface area contributed by atoms with Crippen molar-refractivity contribution in [3.05, 3.63) is 59.4 Å². The number of carbonyl (C=O) groups excluding carboxylic acids is 3. The summed E-state index contributed by atoms with van der Waals surface area (Å²) >= 11 is 1.15. The van der Waals surface area contributed by atoms with E-state index in [1.165, 1.54) is 6.92 Å². The molecule has 7 nitrogen and oxygen atoms in total. The van der Waals surface area contributed by atoms with E-state index < -0.39 is 5.92 Å². The molecule has 3 heterocycles. The maximum absolute atomic E-state index is 12.7. The van der Waals surface area contributed by atoms with Gasteiger partial charge in [0, 0.05) is 25.5 Å². The summed E-state index contributed by atoms with van der Waals surface area (Å²) in [5.74, 6) is -0.262. The number of hydrogen-bond donors (Lipinski definition) is 1. The summed E-state index contributed by atoms with van der Waals surface area (Å²) in [6.45, 7) is 2.15. The summed E-state index contributed by atoms with van der Waals surface area (Å²) in [6, 6.07) is 12.9. The van der Waals surface area contributed by atoms with Crippen LogP contribution in [0.25, 0.3) is 11.3 Å². The summed E-state index contributed by atoms with van der Waals surface area (Å²) < 4.78 is 5.28. The Hall–Kier alpha value is -3.26. The maximum Gasteiger partial charge on any atom is 0.231 e. The van der Waals surface area contributed by atoms with E-state index in [9.17, 15) is 14.4 Å². The highest BCUT2D eigenvalue weighted by Gasteiger charge is 2.35. The summed E-state index contributed by atoms with van der Waals surface area (Å²) in [7, 11) is 0. The van der Waals surface area contributed by atoms with Gasteiger partial charge in [0.1, 0.15) is 5.76 Å². The predicted molar refractivity (Wildman–Crippen MR) is 108 cm³/mol. The molecule has 3 aromatic rings. The number of nitrogens with zero attached hydrogens (tertiary/aromatic N) is 2. The van der Waals surface area contributed by atoms with Crippen molar-refractivity contribution >= 4 is 34.1 Å². The first-order valence-electron chi connectivity index (χ1n) is 9.19. The van der Waals surface area contributed by atoms with Gasteiger partial charge in [-0.25, -0.2) is 4.98 Å². The number of benzene rings is 1. The molecule has 0 aliphatic carbocycles. The molecule has 0 radical (unpaired) electrons. The highest BCUT2D eigenvalue weighted by molar-refractivity contribution is 7.18. The second kappa shape index (κ2) is 8.00. The van der Waals surface area contributed by atoms with Crippen molar-refractivity contribution < 1.29 is 18.8 Å². The zero-order valence-corrected chi connectivity index (χ0v) is 16.6. The number of rotatable bonds is 6. The number of nitrogens with one attached hydrogen (secondary N) is 1. The van der Waals surface area contributed by atoms with Gasteiger partial charge in [0.15, 0.2) is 10.9 Å². The molecule has 0 spiro atoms. The Morgan fingerprint density at radius 2 is 2.03 bits per heavy atom. The van der Waals surface area contributed by atoms with Gasteiger partial charge in [-0.05, 0) is 12.1 Å². The summed E-state index contributed by atoms with van der Waals surface area (Å²) in [4.78, 5) is 43.6. The number of aromatic nitrogens is 1. The Morgan fingerprint density at radius 3 is 2.72 bits per heavy atom. The van der Waals surface area contributed by atoms with Crippen molar-refractivity contribution in [2.75, 3.05) is 11.9 Å². The van der Waals surface area contributed by atoms with E-state index in [1.54, 1.807) is 23.3 Å². The topological polar surface area (TPSA) is 92.5 Å². The standard InChI is InChI=1S/C21H19N3O4S/c1-13(25)19-18(14-6-3-2-4-7-14)22-21(29-19)23-20(27)15-10-17(26)24(11-15)12-16-8-5-9-28-16/h2-9,15H,10-12H2,1H3,(H,22,23,27)/t15-/m1/s1. The smallest absolute Gasteiger partial charge is 0.231 e. The van der Waals surface area contributed by atoms with Crippen molar-refractivity contribution in [2.24, 2.45) is 5.92 Å². The zero-order valence-electron chi connectivity index (χ0n) is 15.8. The van der Waals surface area contributed by atoms with Crippen LogP contribution in [-0.4, -0.2) is 34.0 Å². The number of furan rings is 1. The van der Waals surface area contributed by atoms with E-state index >= 15 is 0 Å². The first kappa shape index (κ1) is 19.1. The van der Waals surface area contributed by atoms with Gasteiger partial charge < -0.3 is 14.6 Å². The fourth-order valence-electron chi connectivity index (χ4n) is 3.30. The molecule has 4 rings (SSSR count). The second-order valence-electron chi connectivity index (χ2n) is 6.86. The molecule has 1 fully saturated rings. The van der Waals surface area contributed by atoms with Gasteiger partial charge in [-0.3, -0.25) is 14.4 Å². The van der Waals surface area contributed by atoms with E-state index in [-0.39, 0.29) is 24.0 Å². The first-order valence-corrected chi connectivity index (χ1v) is 10.0. The SMILES string of the molecule is CC(=O)c1sc(NC(=O)[C@@H]2CC(=O)N(Cc3ccco3)C2)nc1-c1ccccc1. The van der Waals surface area contributed by atoms with Gasteiger partial charge in [0.25, 0.3) is 0 Å². The number of Topliss-reactive ketones (excluding diaryl/α,β-unsaturated/α-hetero) is 1. The molecular formula is C21H19N3O4S. The average Bonchev–Trinajstić information content (AvgIpc) is 3.44. The maximum atomic E-state index is 12.7. The molecule has 1 atom stereocenters. The van der Waals surface area contributed by atoms with E-state index in [0.29, 0.717) is 34.6 Å². The van der Waals surface area contributed by atoms with E-state index in [0.717, 1.165) is 16.9 Å². The van der Waals surface area contributed by atoms with Crippen molar-refractivity contribution in [1.82, 2.24) is 9.88 Å². The molecule has 2 amide bonds. The van der Waals surface area contributed by atoms with Crippen molar-refractivity contribution in [1.29, 1.82) is 0 Å². The van der Waals surface area contributed by atoms with Crippen LogP contribution >= 0.6 is 11.3 Å². The van der Waals surface area contributed by atoms with Gasteiger partial charge in [0.05, 0.1) is 29.3 Å². The Labute approximate surface area is 171 Å². The van der Waals surface area contributed by atoms with Crippen LogP contribution in [0.3, 0.4) is 0 Å². The molecule has 0 unspecified atom stereocenters. The third kappa shape index (κ3) is 4.12. The monoisotopic (exact) mass is 409 g/mol. The van der Waals surface area contributed by atoms with Gasteiger partial charge in [0.2, 0.25) is 11.8 Å². The lowest BCUT2D eigenvalue weighted by atomic mass is 10.1. The number of anilines is 1. The fourth-order valence-corrected chi connectivity index (χ4v) is 4.19. The molecule has 1 aliphatic heterocycles. The van der Waals surface area contributed by atoms with Crippen LogP contribution in [0.15, 0.2) is 53.1 Å². The van der Waals surface area contributed by atoms with E-state index in [1.807, 2.05) is 30.3 Å². The molecule has 1 aliphatic rings. The van der Waals surface area contributed by atoms with Crippen LogP contribution in [0.5, 0.6) is 0 Å². The Balaban J connectivity index is 1.47. The van der Waals surface area contributed by atoms with Crippen molar-refractivity contribution in [3.8, 4) is 11.3 Å². The second-order valence-corrected chi connectivity index (χ2v) is 7.86. The molecule has 8 heteroatoms. The Morgan fingerprint density at radius 1 is 1.24 bits per heavy atom. The predicted octanol–water partition coefficient (Wildman–Crippen LogP) is 3.59. The zero-order chi connectivity index (χ0) is 20.4. The molecule has 1 saturated heterocycles. The average molecular weight is 409 g/mol. The van der Waals surface area contributed by atoms with E-state index in [2.05, 4.69) is 10.3 Å². The first-order chi connectivity index (χ1) is 14.0. The molecule has 1 N–H and O–H groups in total. The quantitative estimate of drug-likeness (QED) is 0.628.